The van der Waals surface area contributed by atoms with Gasteiger partial charge in [0.15, 0.2) is 0 Å². The minimum absolute atomic E-state index is 0.0611. The molecular weight excluding hydrogens is 437 g/mol. The van der Waals surface area contributed by atoms with E-state index in [0.29, 0.717) is 24.6 Å². The SMILES string of the molecule is COc1ccccc1Cc1cnc([C@H]2CCCCN2C(=O)c2cc(-c3ccccc3F)no2)o1. The van der Waals surface area contributed by atoms with Gasteiger partial charge in [-0.1, -0.05) is 35.5 Å². The fraction of sp³-hybridized carbons (Fsp3) is 0.269. The van der Waals surface area contributed by atoms with Crippen molar-refractivity contribution in [2.75, 3.05) is 13.7 Å². The van der Waals surface area contributed by atoms with Crippen molar-refractivity contribution < 1.29 is 22.9 Å². The number of ether oxygens (including phenoxy) is 1. The summed E-state index contributed by atoms with van der Waals surface area (Å²) in [5.41, 5.74) is 1.56. The number of rotatable bonds is 6. The van der Waals surface area contributed by atoms with Crippen molar-refractivity contribution in [1.82, 2.24) is 15.0 Å². The van der Waals surface area contributed by atoms with Gasteiger partial charge in [-0.3, -0.25) is 4.79 Å². The standard InChI is InChI=1S/C26H24FN3O4/c1-32-23-12-5-2-8-17(23)14-18-16-28-25(33-18)22-11-6-7-13-30(22)26(31)24-15-21(29-34-24)19-9-3-4-10-20(19)27/h2-5,8-10,12,15-16,22H,6-7,11,13-14H2,1H3/t22-/m1/s1. The first kappa shape index (κ1) is 21.9. The maximum atomic E-state index is 14.1. The van der Waals surface area contributed by atoms with E-state index in [9.17, 15) is 9.18 Å². The van der Waals surface area contributed by atoms with Crippen LogP contribution in [0, 0.1) is 5.82 Å². The highest BCUT2D eigenvalue weighted by Gasteiger charge is 2.34. The number of piperidine rings is 1. The largest absolute Gasteiger partial charge is 0.496 e. The molecule has 1 fully saturated rings. The van der Waals surface area contributed by atoms with Gasteiger partial charge in [0, 0.05) is 30.2 Å². The summed E-state index contributed by atoms with van der Waals surface area (Å²) in [5.74, 6) is 1.29. The van der Waals surface area contributed by atoms with Gasteiger partial charge in [-0.25, -0.2) is 9.37 Å². The van der Waals surface area contributed by atoms with E-state index in [0.717, 1.165) is 30.6 Å². The Labute approximate surface area is 196 Å². The lowest BCUT2D eigenvalue weighted by atomic mass is 10.0. The van der Waals surface area contributed by atoms with Crippen LogP contribution < -0.4 is 4.74 Å². The number of benzene rings is 2. The van der Waals surface area contributed by atoms with Crippen molar-refractivity contribution in [3.05, 3.63) is 89.6 Å². The first-order chi connectivity index (χ1) is 16.6. The van der Waals surface area contributed by atoms with Crippen LogP contribution in [0.1, 0.15) is 53.1 Å². The summed E-state index contributed by atoms with van der Waals surface area (Å²) in [6, 6.07) is 15.2. The zero-order chi connectivity index (χ0) is 23.5. The Hall–Kier alpha value is -3.94. The second-order valence-corrected chi connectivity index (χ2v) is 8.22. The van der Waals surface area contributed by atoms with Crippen molar-refractivity contribution in [3.63, 3.8) is 0 Å². The molecule has 1 amide bonds. The Morgan fingerprint density at radius 3 is 2.85 bits per heavy atom. The van der Waals surface area contributed by atoms with E-state index in [-0.39, 0.29) is 29.0 Å². The van der Waals surface area contributed by atoms with Gasteiger partial charge < -0.3 is 18.6 Å². The van der Waals surface area contributed by atoms with Crippen molar-refractivity contribution in [2.24, 2.45) is 0 Å². The molecule has 4 aromatic rings. The summed E-state index contributed by atoms with van der Waals surface area (Å²) in [4.78, 5) is 19.5. The lowest BCUT2D eigenvalue weighted by molar-refractivity contribution is 0.0528. The van der Waals surface area contributed by atoms with E-state index in [2.05, 4.69) is 10.1 Å². The Kier molecular flexibility index (Phi) is 6.12. The molecule has 0 saturated carbocycles. The number of methoxy groups -OCH3 is 1. The summed E-state index contributed by atoms with van der Waals surface area (Å²) < 4.78 is 30.9. The van der Waals surface area contributed by atoms with E-state index in [1.807, 2.05) is 24.3 Å². The Balaban J connectivity index is 1.36. The molecule has 3 heterocycles. The molecule has 0 N–H and O–H groups in total. The topological polar surface area (TPSA) is 81.6 Å². The fourth-order valence-corrected chi connectivity index (χ4v) is 4.34. The summed E-state index contributed by atoms with van der Waals surface area (Å²) in [6.45, 7) is 0.545. The van der Waals surface area contributed by atoms with Gasteiger partial charge in [0.05, 0.1) is 13.3 Å². The molecule has 1 aliphatic rings. The molecule has 1 aliphatic heterocycles. The molecule has 2 aromatic carbocycles. The van der Waals surface area contributed by atoms with Crippen molar-refractivity contribution in [1.29, 1.82) is 0 Å². The number of hydrogen-bond acceptors (Lipinski definition) is 6. The normalized spacial score (nSPS) is 15.9. The van der Waals surface area contributed by atoms with Gasteiger partial charge in [-0.05, 0) is 37.5 Å². The van der Waals surface area contributed by atoms with Crippen LogP contribution in [0.2, 0.25) is 0 Å². The number of oxazole rings is 1. The molecule has 2 aromatic heterocycles. The molecule has 0 spiro atoms. The molecule has 34 heavy (non-hydrogen) atoms. The van der Waals surface area contributed by atoms with Gasteiger partial charge >= 0.3 is 0 Å². The smallest absolute Gasteiger partial charge is 0.293 e. The molecule has 0 radical (unpaired) electrons. The number of amides is 1. The Bertz CT molecular complexity index is 1300. The van der Waals surface area contributed by atoms with Crippen LogP contribution in [0.15, 0.2) is 69.7 Å². The molecule has 0 unspecified atom stereocenters. The third-order valence-electron chi connectivity index (χ3n) is 6.05. The van der Waals surface area contributed by atoms with E-state index in [1.165, 1.54) is 12.1 Å². The second kappa shape index (κ2) is 9.51. The molecule has 1 saturated heterocycles. The van der Waals surface area contributed by atoms with Crippen LogP contribution >= 0.6 is 0 Å². The van der Waals surface area contributed by atoms with Crippen LogP contribution in [0.25, 0.3) is 11.3 Å². The predicted molar refractivity (Wildman–Crippen MR) is 122 cm³/mol. The zero-order valence-corrected chi connectivity index (χ0v) is 18.7. The molecule has 5 rings (SSSR count). The molecule has 174 valence electrons. The van der Waals surface area contributed by atoms with E-state index < -0.39 is 5.82 Å². The average molecular weight is 461 g/mol. The lowest BCUT2D eigenvalue weighted by Crippen LogP contribution is -2.38. The predicted octanol–water partition coefficient (Wildman–Crippen LogP) is 5.44. The molecule has 7 nitrogen and oxygen atoms in total. The van der Waals surface area contributed by atoms with Crippen LogP contribution in [0.4, 0.5) is 4.39 Å². The summed E-state index contributed by atoms with van der Waals surface area (Å²) >= 11 is 0. The van der Waals surface area contributed by atoms with Gasteiger partial charge in [0.25, 0.3) is 5.91 Å². The molecule has 0 bridgehead atoms. The highest BCUT2D eigenvalue weighted by atomic mass is 19.1. The van der Waals surface area contributed by atoms with Gasteiger partial charge in [0.2, 0.25) is 11.7 Å². The van der Waals surface area contributed by atoms with E-state index in [1.54, 1.807) is 36.4 Å². The highest BCUT2D eigenvalue weighted by molar-refractivity contribution is 5.92. The minimum atomic E-state index is -0.423. The fourth-order valence-electron chi connectivity index (χ4n) is 4.34. The molecule has 0 aliphatic carbocycles. The van der Waals surface area contributed by atoms with Crippen molar-refractivity contribution in [3.8, 4) is 17.0 Å². The van der Waals surface area contributed by atoms with Gasteiger partial charge in [-0.2, -0.15) is 0 Å². The van der Waals surface area contributed by atoms with Gasteiger partial charge in [-0.15, -0.1) is 0 Å². The number of likely N-dealkylation sites (tertiary alicyclic amines) is 1. The molecule has 8 heteroatoms. The number of aromatic nitrogens is 2. The third-order valence-corrected chi connectivity index (χ3v) is 6.05. The summed E-state index contributed by atoms with van der Waals surface area (Å²) in [6.07, 6.45) is 4.78. The number of nitrogens with zero attached hydrogens (tertiary/aromatic N) is 3. The van der Waals surface area contributed by atoms with Crippen LogP contribution in [0.3, 0.4) is 0 Å². The summed E-state index contributed by atoms with van der Waals surface area (Å²) in [7, 11) is 1.64. The van der Waals surface area contributed by atoms with E-state index in [4.69, 9.17) is 13.7 Å². The van der Waals surface area contributed by atoms with Crippen LogP contribution in [-0.4, -0.2) is 34.6 Å². The molecular formula is C26H24FN3O4. The maximum Gasteiger partial charge on any atom is 0.293 e. The lowest BCUT2D eigenvalue weighted by Gasteiger charge is -2.32. The number of hydrogen-bond donors (Lipinski definition) is 0. The number of para-hydroxylation sites is 1. The van der Waals surface area contributed by atoms with Crippen molar-refractivity contribution >= 4 is 5.91 Å². The monoisotopic (exact) mass is 461 g/mol. The highest BCUT2D eigenvalue weighted by Crippen LogP contribution is 2.33. The number of carbonyl (C=O) groups is 1. The molecule has 1 atom stereocenters. The third kappa shape index (κ3) is 4.31. The first-order valence-electron chi connectivity index (χ1n) is 11.2. The average Bonchev–Trinajstić information content (AvgIpc) is 3.54. The van der Waals surface area contributed by atoms with E-state index >= 15 is 0 Å². The first-order valence-corrected chi connectivity index (χ1v) is 11.2. The van der Waals surface area contributed by atoms with Crippen molar-refractivity contribution in [2.45, 2.75) is 31.7 Å². The zero-order valence-electron chi connectivity index (χ0n) is 18.7. The van der Waals surface area contributed by atoms with Crippen LogP contribution in [-0.2, 0) is 6.42 Å². The van der Waals surface area contributed by atoms with Crippen LogP contribution in [0.5, 0.6) is 5.75 Å². The maximum absolute atomic E-state index is 14.1. The second-order valence-electron chi connectivity index (χ2n) is 8.22. The van der Waals surface area contributed by atoms with Gasteiger partial charge in [0.1, 0.15) is 29.1 Å². The Morgan fingerprint density at radius 2 is 2.00 bits per heavy atom. The Morgan fingerprint density at radius 1 is 1.18 bits per heavy atom. The quantitative estimate of drug-likeness (QED) is 0.381. The number of halogens is 1. The number of carbonyl (C=O) groups excluding carboxylic acids is 1. The minimum Gasteiger partial charge on any atom is -0.496 e. The summed E-state index contributed by atoms with van der Waals surface area (Å²) in [5, 5.41) is 3.91.